The zero-order chi connectivity index (χ0) is 19.4. The van der Waals surface area contributed by atoms with E-state index in [0.29, 0.717) is 33.1 Å². The van der Waals surface area contributed by atoms with Gasteiger partial charge in [-0.1, -0.05) is 71.5 Å². The molecule has 0 unspecified atom stereocenters. The number of thiocarbonyl (C=S) groups is 1. The van der Waals surface area contributed by atoms with E-state index in [1.54, 1.807) is 24.3 Å². The summed E-state index contributed by atoms with van der Waals surface area (Å²) in [6.07, 6.45) is 3.43. The van der Waals surface area contributed by atoms with Gasteiger partial charge < -0.3 is 4.74 Å². The van der Waals surface area contributed by atoms with Crippen LogP contribution < -0.4 is 4.74 Å². The number of ether oxygens (including phenoxy) is 1. The molecule has 6 heteroatoms. The standard InChI is InChI=1S/C21H18ClNO2S2/c1-3-9-23-20(24)19(27-21(23)26)12-16-11-17(22)7-8-18(16)25-13-15-6-4-5-14(2)10-15/h3-8,10-12H,1,9,13H2,2H3. The zero-order valence-corrected chi connectivity index (χ0v) is 17.2. The summed E-state index contributed by atoms with van der Waals surface area (Å²) in [6, 6.07) is 13.5. The van der Waals surface area contributed by atoms with Crippen molar-refractivity contribution >= 4 is 51.9 Å². The van der Waals surface area contributed by atoms with Crippen LogP contribution in [0, 0.1) is 6.92 Å². The second-order valence-corrected chi connectivity index (χ2v) is 8.15. The van der Waals surface area contributed by atoms with E-state index in [-0.39, 0.29) is 5.91 Å². The van der Waals surface area contributed by atoms with E-state index in [1.807, 2.05) is 31.2 Å². The van der Waals surface area contributed by atoms with Crippen molar-refractivity contribution in [3.63, 3.8) is 0 Å². The van der Waals surface area contributed by atoms with Crippen molar-refractivity contribution in [2.45, 2.75) is 13.5 Å². The minimum Gasteiger partial charge on any atom is -0.488 e. The van der Waals surface area contributed by atoms with E-state index in [1.165, 1.54) is 22.2 Å². The van der Waals surface area contributed by atoms with Crippen molar-refractivity contribution in [2.24, 2.45) is 0 Å². The number of halogens is 1. The average molecular weight is 416 g/mol. The molecule has 1 fully saturated rings. The molecule has 1 heterocycles. The molecule has 0 N–H and O–H groups in total. The topological polar surface area (TPSA) is 29.5 Å². The molecule has 1 saturated heterocycles. The average Bonchev–Trinajstić information content (AvgIpc) is 2.89. The van der Waals surface area contributed by atoms with Crippen LogP contribution in [0.2, 0.25) is 5.02 Å². The smallest absolute Gasteiger partial charge is 0.266 e. The quantitative estimate of drug-likeness (QED) is 0.348. The first-order valence-electron chi connectivity index (χ1n) is 8.32. The highest BCUT2D eigenvalue weighted by Crippen LogP contribution is 2.35. The van der Waals surface area contributed by atoms with Gasteiger partial charge in [0.25, 0.3) is 5.91 Å². The number of carbonyl (C=O) groups is 1. The van der Waals surface area contributed by atoms with Crippen molar-refractivity contribution in [3.8, 4) is 5.75 Å². The molecule has 27 heavy (non-hydrogen) atoms. The number of carbonyl (C=O) groups excluding carboxylic acids is 1. The Labute approximate surface area is 173 Å². The third-order valence-electron chi connectivity index (χ3n) is 3.92. The number of rotatable bonds is 6. The highest BCUT2D eigenvalue weighted by Gasteiger charge is 2.31. The monoisotopic (exact) mass is 415 g/mol. The minimum atomic E-state index is -0.130. The van der Waals surface area contributed by atoms with Crippen molar-refractivity contribution < 1.29 is 9.53 Å². The maximum Gasteiger partial charge on any atom is 0.266 e. The van der Waals surface area contributed by atoms with Crippen LogP contribution >= 0.6 is 35.6 Å². The molecule has 1 aliphatic heterocycles. The Morgan fingerprint density at radius 1 is 1.30 bits per heavy atom. The molecule has 2 aromatic carbocycles. The minimum absolute atomic E-state index is 0.130. The SMILES string of the molecule is C=CCN1C(=O)C(=Cc2cc(Cl)ccc2OCc2cccc(C)c2)SC1=S. The van der Waals surface area contributed by atoms with Gasteiger partial charge in [0, 0.05) is 17.1 Å². The lowest BCUT2D eigenvalue weighted by atomic mass is 10.1. The fourth-order valence-corrected chi connectivity index (χ4v) is 4.10. The van der Waals surface area contributed by atoms with Crippen molar-refractivity contribution in [2.75, 3.05) is 6.54 Å². The van der Waals surface area contributed by atoms with E-state index < -0.39 is 0 Å². The second-order valence-electron chi connectivity index (χ2n) is 6.04. The maximum absolute atomic E-state index is 12.6. The number of benzene rings is 2. The molecule has 3 nitrogen and oxygen atoms in total. The summed E-state index contributed by atoms with van der Waals surface area (Å²) < 4.78 is 6.52. The van der Waals surface area contributed by atoms with Crippen LogP contribution in [0.1, 0.15) is 16.7 Å². The number of thioether (sulfide) groups is 1. The molecule has 0 aliphatic carbocycles. The Morgan fingerprint density at radius 3 is 2.85 bits per heavy atom. The van der Waals surface area contributed by atoms with Gasteiger partial charge in [0.05, 0.1) is 4.91 Å². The van der Waals surface area contributed by atoms with Crippen LogP contribution in [0.5, 0.6) is 5.75 Å². The summed E-state index contributed by atoms with van der Waals surface area (Å²) in [7, 11) is 0. The molecule has 0 aromatic heterocycles. The zero-order valence-electron chi connectivity index (χ0n) is 14.8. The highest BCUT2D eigenvalue weighted by molar-refractivity contribution is 8.26. The molecular weight excluding hydrogens is 398 g/mol. The molecule has 2 aromatic rings. The van der Waals surface area contributed by atoms with Gasteiger partial charge in [-0.25, -0.2) is 0 Å². The third-order valence-corrected chi connectivity index (χ3v) is 5.53. The Kier molecular flexibility index (Phi) is 6.37. The Bertz CT molecular complexity index is 940. The van der Waals surface area contributed by atoms with Crippen LogP contribution in [0.15, 0.2) is 60.0 Å². The van der Waals surface area contributed by atoms with Crippen molar-refractivity contribution in [1.82, 2.24) is 4.90 Å². The summed E-state index contributed by atoms with van der Waals surface area (Å²) in [5.41, 5.74) is 3.00. The first-order chi connectivity index (χ1) is 13.0. The summed E-state index contributed by atoms with van der Waals surface area (Å²) in [5, 5.41) is 0.575. The molecule has 0 bridgehead atoms. The van der Waals surface area contributed by atoms with Gasteiger partial charge in [-0.05, 0) is 36.8 Å². The molecule has 1 amide bonds. The number of amides is 1. The summed E-state index contributed by atoms with van der Waals surface area (Å²) >= 11 is 12.7. The largest absolute Gasteiger partial charge is 0.488 e. The van der Waals surface area contributed by atoms with E-state index >= 15 is 0 Å². The molecular formula is C21H18ClNO2S2. The summed E-state index contributed by atoms with van der Waals surface area (Å²) in [4.78, 5) is 14.6. The lowest BCUT2D eigenvalue weighted by Gasteiger charge is -2.11. The normalized spacial score (nSPS) is 15.5. The third kappa shape index (κ3) is 4.80. The van der Waals surface area contributed by atoms with Gasteiger partial charge in [0.2, 0.25) is 0 Å². The Balaban J connectivity index is 1.85. The molecule has 0 saturated carbocycles. The number of hydrogen-bond acceptors (Lipinski definition) is 4. The second kappa shape index (κ2) is 8.74. The first kappa shape index (κ1) is 19.7. The van der Waals surface area contributed by atoms with Gasteiger partial charge >= 0.3 is 0 Å². The van der Waals surface area contributed by atoms with Crippen LogP contribution in [-0.2, 0) is 11.4 Å². The lowest BCUT2D eigenvalue weighted by Crippen LogP contribution is -2.27. The predicted octanol–water partition coefficient (Wildman–Crippen LogP) is 5.61. The van der Waals surface area contributed by atoms with Crippen LogP contribution in [-0.4, -0.2) is 21.7 Å². The first-order valence-corrected chi connectivity index (χ1v) is 9.92. The summed E-state index contributed by atoms with van der Waals surface area (Å²) in [5.74, 6) is 0.532. The predicted molar refractivity (Wildman–Crippen MR) is 117 cm³/mol. The van der Waals surface area contributed by atoms with E-state index in [4.69, 9.17) is 28.6 Å². The van der Waals surface area contributed by atoms with E-state index in [2.05, 4.69) is 12.6 Å². The van der Waals surface area contributed by atoms with Gasteiger partial charge in [0.15, 0.2) is 0 Å². The van der Waals surface area contributed by atoms with E-state index in [0.717, 1.165) is 11.1 Å². The molecule has 0 atom stereocenters. The fraction of sp³-hybridized carbons (Fsp3) is 0.143. The Morgan fingerprint density at radius 2 is 2.11 bits per heavy atom. The number of hydrogen-bond donors (Lipinski definition) is 0. The number of aryl methyl sites for hydroxylation is 1. The van der Waals surface area contributed by atoms with E-state index in [9.17, 15) is 4.79 Å². The van der Waals surface area contributed by atoms with Gasteiger partial charge in [-0.15, -0.1) is 6.58 Å². The van der Waals surface area contributed by atoms with Crippen LogP contribution in [0.3, 0.4) is 0 Å². The molecule has 138 valence electrons. The maximum atomic E-state index is 12.6. The Hall–Kier alpha value is -2.08. The fourth-order valence-electron chi connectivity index (χ4n) is 2.65. The van der Waals surface area contributed by atoms with Gasteiger partial charge in [-0.3, -0.25) is 9.69 Å². The lowest BCUT2D eigenvalue weighted by molar-refractivity contribution is -0.121. The molecule has 0 radical (unpaired) electrons. The summed E-state index contributed by atoms with van der Waals surface area (Å²) in [6.45, 7) is 6.54. The molecule has 0 spiro atoms. The van der Waals surface area contributed by atoms with Crippen molar-refractivity contribution in [1.29, 1.82) is 0 Å². The molecule has 1 aliphatic rings. The van der Waals surface area contributed by atoms with Gasteiger partial charge in [-0.2, -0.15) is 0 Å². The van der Waals surface area contributed by atoms with Crippen molar-refractivity contribution in [3.05, 3.63) is 81.7 Å². The number of nitrogens with zero attached hydrogens (tertiary/aromatic N) is 1. The van der Waals surface area contributed by atoms with Gasteiger partial charge in [0.1, 0.15) is 16.7 Å². The highest BCUT2D eigenvalue weighted by atomic mass is 35.5. The molecule has 3 rings (SSSR count). The van der Waals surface area contributed by atoms with Crippen LogP contribution in [0.4, 0.5) is 0 Å². The van der Waals surface area contributed by atoms with Crippen LogP contribution in [0.25, 0.3) is 6.08 Å².